The Bertz CT molecular complexity index is 1930. The van der Waals surface area contributed by atoms with Crippen LogP contribution in [-0.2, 0) is 41.2 Å². The van der Waals surface area contributed by atoms with Crippen molar-refractivity contribution in [1.82, 2.24) is 29.1 Å². The number of aryl methyl sites for hydroxylation is 2. The SMILES string of the molecule is CCc1c2c(nc3ccc(OCCCn4cnc5cncnc54)cc13)-c1cc3c(c(=O)n1C2)COC(=O)[C@]3(O)CC. The number of benzene rings is 1. The first-order valence-electron chi connectivity index (χ1n) is 13.8. The second-order valence-corrected chi connectivity index (χ2v) is 10.4. The van der Waals surface area contributed by atoms with Gasteiger partial charge >= 0.3 is 5.97 Å². The molecule has 0 unspecified atom stereocenters. The molecule has 1 aromatic carbocycles. The van der Waals surface area contributed by atoms with Gasteiger partial charge in [-0.1, -0.05) is 13.8 Å². The minimum Gasteiger partial charge on any atom is -0.494 e. The summed E-state index contributed by atoms with van der Waals surface area (Å²) in [5.41, 5.74) is 4.28. The van der Waals surface area contributed by atoms with E-state index < -0.39 is 11.6 Å². The predicted octanol–water partition coefficient (Wildman–Crippen LogP) is 3.25. The number of imidazole rings is 1. The Hall–Kier alpha value is -4.64. The highest BCUT2D eigenvalue weighted by atomic mass is 16.6. The maximum atomic E-state index is 13.5. The molecule has 0 fully saturated rings. The Balaban J connectivity index is 1.19. The van der Waals surface area contributed by atoms with Crippen LogP contribution in [0.15, 0.2) is 47.9 Å². The average molecular weight is 553 g/mol. The summed E-state index contributed by atoms with van der Waals surface area (Å²) in [5.74, 6) is 0.0224. The summed E-state index contributed by atoms with van der Waals surface area (Å²) in [7, 11) is 0. The van der Waals surface area contributed by atoms with Crippen molar-refractivity contribution >= 4 is 28.0 Å². The van der Waals surface area contributed by atoms with E-state index in [9.17, 15) is 14.7 Å². The molecule has 5 aromatic rings. The number of rotatable bonds is 7. The molecule has 2 aliphatic heterocycles. The molecule has 0 saturated heterocycles. The predicted molar refractivity (Wildman–Crippen MR) is 149 cm³/mol. The molecule has 11 heteroatoms. The first-order valence-corrected chi connectivity index (χ1v) is 13.8. The summed E-state index contributed by atoms with van der Waals surface area (Å²) in [5, 5.41) is 12.1. The number of fused-ring (bicyclic) bond motifs is 6. The first-order chi connectivity index (χ1) is 19.9. The molecule has 7 rings (SSSR count). The highest BCUT2D eigenvalue weighted by molar-refractivity contribution is 5.90. The molecule has 4 aromatic heterocycles. The smallest absolute Gasteiger partial charge is 0.343 e. The molecule has 0 bridgehead atoms. The van der Waals surface area contributed by atoms with E-state index in [1.54, 1.807) is 30.1 Å². The quantitative estimate of drug-likeness (QED) is 0.234. The average Bonchev–Trinajstić information content (AvgIpc) is 3.58. The van der Waals surface area contributed by atoms with Crippen molar-refractivity contribution in [2.75, 3.05) is 6.61 Å². The van der Waals surface area contributed by atoms with Gasteiger partial charge in [-0.05, 0) is 49.1 Å². The van der Waals surface area contributed by atoms with E-state index in [1.165, 1.54) is 6.33 Å². The Kier molecular flexibility index (Phi) is 5.86. The van der Waals surface area contributed by atoms with Gasteiger partial charge in [0.2, 0.25) is 0 Å². The molecule has 6 heterocycles. The van der Waals surface area contributed by atoms with Crippen LogP contribution in [0, 0.1) is 0 Å². The number of nitrogens with zero attached hydrogens (tertiary/aromatic N) is 6. The number of hydrogen-bond donors (Lipinski definition) is 1. The number of cyclic esters (lactones) is 1. The van der Waals surface area contributed by atoms with E-state index in [-0.39, 0.29) is 18.6 Å². The molecule has 1 N–H and O–H groups in total. The van der Waals surface area contributed by atoms with Crippen LogP contribution >= 0.6 is 0 Å². The standard InChI is InChI=1S/C30H28N6O5/c1-3-18-19-10-17(40-9-5-8-35-16-33-24-12-31-15-32-27(24)35)6-7-23(19)34-26-20(18)13-36-25(26)11-22-21(28(36)37)14-41-29(38)30(22,39)4-2/h6-7,10-12,15-16,39H,3-5,8-9,13-14H2,1-2H3/t30-/m0/s1. The van der Waals surface area contributed by atoms with Gasteiger partial charge in [0.05, 0.1) is 48.1 Å². The van der Waals surface area contributed by atoms with Gasteiger partial charge in [0.1, 0.15) is 24.2 Å². The number of pyridine rings is 2. The molecule has 208 valence electrons. The van der Waals surface area contributed by atoms with E-state index in [0.29, 0.717) is 35.7 Å². The Morgan fingerprint density at radius 2 is 2.00 bits per heavy atom. The van der Waals surface area contributed by atoms with Crippen molar-refractivity contribution in [1.29, 1.82) is 0 Å². The van der Waals surface area contributed by atoms with E-state index in [4.69, 9.17) is 14.5 Å². The summed E-state index contributed by atoms with van der Waals surface area (Å²) in [6.07, 6.45) is 6.60. The number of aliphatic hydroxyl groups is 1. The van der Waals surface area contributed by atoms with Crippen molar-refractivity contribution in [3.63, 3.8) is 0 Å². The van der Waals surface area contributed by atoms with Crippen molar-refractivity contribution in [2.24, 2.45) is 0 Å². The number of aromatic nitrogens is 6. The lowest BCUT2D eigenvalue weighted by molar-refractivity contribution is -0.172. The van der Waals surface area contributed by atoms with Crippen molar-refractivity contribution in [3.05, 3.63) is 75.7 Å². The van der Waals surface area contributed by atoms with Crippen molar-refractivity contribution in [2.45, 2.75) is 58.4 Å². The summed E-state index contributed by atoms with van der Waals surface area (Å²) >= 11 is 0. The van der Waals surface area contributed by atoms with E-state index >= 15 is 0 Å². The highest BCUT2D eigenvalue weighted by Crippen LogP contribution is 2.40. The normalized spacial score (nSPS) is 17.4. The third-order valence-corrected chi connectivity index (χ3v) is 8.22. The summed E-state index contributed by atoms with van der Waals surface area (Å²) in [6, 6.07) is 7.60. The molecule has 0 radical (unpaired) electrons. The third-order valence-electron chi connectivity index (χ3n) is 8.22. The summed E-state index contributed by atoms with van der Waals surface area (Å²) in [6.45, 7) is 5.24. The van der Waals surface area contributed by atoms with Gasteiger partial charge in [-0.25, -0.2) is 24.7 Å². The molecular formula is C30H28N6O5. The van der Waals surface area contributed by atoms with Crippen LogP contribution in [0.25, 0.3) is 33.5 Å². The molecule has 0 amide bonds. The van der Waals surface area contributed by atoms with Crippen LogP contribution in [0.5, 0.6) is 5.75 Å². The third kappa shape index (κ3) is 3.83. The van der Waals surface area contributed by atoms with Gasteiger partial charge in [-0.15, -0.1) is 0 Å². The van der Waals surface area contributed by atoms with Gasteiger partial charge < -0.3 is 23.7 Å². The Labute approximate surface area is 234 Å². The van der Waals surface area contributed by atoms with Gasteiger partial charge in [0.25, 0.3) is 5.56 Å². The molecule has 0 spiro atoms. The molecule has 0 aliphatic carbocycles. The topological polar surface area (TPSA) is 134 Å². The maximum Gasteiger partial charge on any atom is 0.343 e. The van der Waals surface area contributed by atoms with Crippen LogP contribution in [-0.4, -0.2) is 46.8 Å². The minimum atomic E-state index is -1.85. The minimum absolute atomic E-state index is 0.107. The van der Waals surface area contributed by atoms with E-state index in [0.717, 1.165) is 58.3 Å². The molecular weight excluding hydrogens is 524 g/mol. The monoisotopic (exact) mass is 552 g/mol. The van der Waals surface area contributed by atoms with Gasteiger partial charge in [0.15, 0.2) is 11.2 Å². The zero-order valence-corrected chi connectivity index (χ0v) is 22.8. The molecule has 1 atom stereocenters. The largest absolute Gasteiger partial charge is 0.494 e. The fourth-order valence-electron chi connectivity index (χ4n) is 6.04. The Morgan fingerprint density at radius 3 is 2.83 bits per heavy atom. The number of hydrogen-bond acceptors (Lipinski definition) is 9. The fourth-order valence-corrected chi connectivity index (χ4v) is 6.04. The number of carbonyl (C=O) groups is 1. The number of esters is 1. The molecule has 2 aliphatic rings. The van der Waals surface area contributed by atoms with Gasteiger partial charge in [-0.3, -0.25) is 4.79 Å². The van der Waals surface area contributed by atoms with Gasteiger partial charge in [-0.2, -0.15) is 0 Å². The second kappa shape index (κ2) is 9.48. The van der Waals surface area contributed by atoms with Crippen molar-refractivity contribution < 1.29 is 19.4 Å². The fraction of sp³-hybridized carbons (Fsp3) is 0.333. The van der Waals surface area contributed by atoms with E-state index in [2.05, 4.69) is 21.9 Å². The summed E-state index contributed by atoms with van der Waals surface area (Å²) in [4.78, 5) is 43.6. The lowest BCUT2D eigenvalue weighted by atomic mass is 9.86. The Morgan fingerprint density at radius 1 is 1.12 bits per heavy atom. The molecule has 11 nitrogen and oxygen atoms in total. The van der Waals surface area contributed by atoms with E-state index in [1.807, 2.05) is 22.8 Å². The zero-order valence-electron chi connectivity index (χ0n) is 22.8. The molecule has 0 saturated carbocycles. The van der Waals surface area contributed by atoms with Crippen LogP contribution in [0.2, 0.25) is 0 Å². The number of carbonyl (C=O) groups excluding carboxylic acids is 1. The molecule has 41 heavy (non-hydrogen) atoms. The second-order valence-electron chi connectivity index (χ2n) is 10.4. The number of ether oxygens (including phenoxy) is 2. The zero-order chi connectivity index (χ0) is 28.3. The lowest BCUT2D eigenvalue weighted by Gasteiger charge is -2.31. The van der Waals surface area contributed by atoms with Crippen LogP contribution in [0.4, 0.5) is 0 Å². The van der Waals surface area contributed by atoms with Crippen LogP contribution in [0.1, 0.15) is 48.9 Å². The van der Waals surface area contributed by atoms with Crippen LogP contribution in [0.3, 0.4) is 0 Å². The highest BCUT2D eigenvalue weighted by Gasteiger charge is 2.45. The summed E-state index contributed by atoms with van der Waals surface area (Å²) < 4.78 is 15.0. The van der Waals surface area contributed by atoms with Crippen LogP contribution < -0.4 is 10.3 Å². The van der Waals surface area contributed by atoms with Gasteiger partial charge in [0, 0.05) is 23.1 Å². The maximum absolute atomic E-state index is 13.5. The van der Waals surface area contributed by atoms with Crippen molar-refractivity contribution in [3.8, 4) is 17.1 Å². The lowest BCUT2D eigenvalue weighted by Crippen LogP contribution is -2.44. The first kappa shape index (κ1) is 25.3.